The average Bonchev–Trinajstić information content (AvgIpc) is 2.74. The van der Waals surface area contributed by atoms with E-state index in [2.05, 4.69) is 15.9 Å². The smallest absolute Gasteiger partial charge is 0.274 e. The minimum absolute atomic E-state index is 0.250. The van der Waals surface area contributed by atoms with Gasteiger partial charge >= 0.3 is 0 Å². The van der Waals surface area contributed by atoms with Gasteiger partial charge in [-0.1, -0.05) is 59.6 Å². The summed E-state index contributed by atoms with van der Waals surface area (Å²) in [5, 5.41) is 0.898. The second-order valence-corrected chi connectivity index (χ2v) is 8.58. The Morgan fingerprint density at radius 3 is 2.43 bits per heavy atom. The molecule has 1 amide bonds. The molecule has 5 nitrogen and oxygen atoms in total. The molecular weight excluding hydrogens is 491 g/mol. The second-order valence-electron chi connectivity index (χ2n) is 6.91. The van der Waals surface area contributed by atoms with Crippen LogP contribution in [0.1, 0.15) is 21.6 Å². The average molecular weight is 508 g/mol. The zero-order valence-corrected chi connectivity index (χ0v) is 18.9. The molecule has 2 heterocycles. The number of carbonyl (C=O) groups is 1. The van der Waals surface area contributed by atoms with Crippen LogP contribution in [0.2, 0.25) is 10.0 Å². The highest BCUT2D eigenvalue weighted by Gasteiger charge is 2.30. The first-order chi connectivity index (χ1) is 14.4. The Morgan fingerprint density at radius 1 is 0.933 bits per heavy atom. The summed E-state index contributed by atoms with van der Waals surface area (Å²) in [6.45, 7) is 1.43. The van der Waals surface area contributed by atoms with Crippen LogP contribution in [0.15, 0.2) is 63.9 Å². The normalized spacial score (nSPS) is 13.3. The number of benzene rings is 2. The zero-order valence-electron chi connectivity index (χ0n) is 15.8. The van der Waals surface area contributed by atoms with Crippen LogP contribution < -0.4 is 10.3 Å². The van der Waals surface area contributed by atoms with E-state index >= 15 is 0 Å². The van der Waals surface area contributed by atoms with Crippen molar-refractivity contribution in [3.8, 4) is 5.75 Å². The van der Waals surface area contributed by atoms with Gasteiger partial charge in [0.25, 0.3) is 11.5 Å². The van der Waals surface area contributed by atoms with Gasteiger partial charge in [-0.2, -0.15) is 0 Å². The van der Waals surface area contributed by atoms with E-state index < -0.39 is 0 Å². The lowest BCUT2D eigenvalue weighted by Gasteiger charge is -2.31. The maximum atomic E-state index is 13.3. The molecule has 0 aliphatic carbocycles. The van der Waals surface area contributed by atoms with Crippen LogP contribution in [0.3, 0.4) is 0 Å². The predicted molar refractivity (Wildman–Crippen MR) is 120 cm³/mol. The van der Waals surface area contributed by atoms with E-state index in [-0.39, 0.29) is 17.2 Å². The summed E-state index contributed by atoms with van der Waals surface area (Å²) in [6, 6.07) is 16.5. The van der Waals surface area contributed by atoms with E-state index in [1.54, 1.807) is 23.1 Å². The zero-order chi connectivity index (χ0) is 21.3. The maximum absolute atomic E-state index is 13.3. The van der Waals surface area contributed by atoms with E-state index in [4.69, 9.17) is 27.9 Å². The Morgan fingerprint density at radius 2 is 1.70 bits per heavy atom. The number of halogens is 3. The van der Waals surface area contributed by atoms with Gasteiger partial charge in [0.2, 0.25) is 0 Å². The van der Waals surface area contributed by atoms with Crippen LogP contribution in [-0.2, 0) is 19.7 Å². The fourth-order valence-corrected chi connectivity index (χ4v) is 4.11. The van der Waals surface area contributed by atoms with Crippen LogP contribution in [-0.4, -0.2) is 21.9 Å². The standard InChI is InChI=1S/C22H17BrCl2N2O3/c23-16-11-19(30-13-14-4-2-1-3-5-14)20-22(29)26(8-9-27(20)21(16)28)12-15-6-7-17(24)18(25)10-15/h1-7,10-11H,8-9,12-13H2. The van der Waals surface area contributed by atoms with Gasteiger partial charge < -0.3 is 9.64 Å². The number of aromatic nitrogens is 1. The Balaban J connectivity index is 1.64. The number of hydrogen-bond acceptors (Lipinski definition) is 3. The van der Waals surface area contributed by atoms with Gasteiger partial charge in [0, 0.05) is 25.7 Å². The highest BCUT2D eigenvalue weighted by atomic mass is 79.9. The number of rotatable bonds is 5. The van der Waals surface area contributed by atoms with Crippen molar-refractivity contribution in [2.24, 2.45) is 0 Å². The quantitative estimate of drug-likeness (QED) is 0.479. The topological polar surface area (TPSA) is 51.5 Å². The molecule has 1 aliphatic heterocycles. The molecule has 4 rings (SSSR count). The molecule has 0 radical (unpaired) electrons. The van der Waals surface area contributed by atoms with Crippen LogP contribution in [0.5, 0.6) is 5.75 Å². The number of hydrogen-bond donors (Lipinski definition) is 0. The molecule has 1 aromatic heterocycles. The van der Waals surface area contributed by atoms with Gasteiger partial charge in [-0.05, 0) is 39.2 Å². The van der Waals surface area contributed by atoms with E-state index in [1.165, 1.54) is 4.57 Å². The molecule has 0 N–H and O–H groups in total. The Kier molecular flexibility index (Phi) is 6.18. The van der Waals surface area contributed by atoms with E-state index in [1.807, 2.05) is 36.4 Å². The first-order valence-electron chi connectivity index (χ1n) is 9.27. The number of ether oxygens (including phenoxy) is 1. The van der Waals surface area contributed by atoms with Gasteiger partial charge in [0.15, 0.2) is 11.4 Å². The molecule has 0 unspecified atom stereocenters. The lowest BCUT2D eigenvalue weighted by molar-refractivity contribution is 0.0678. The molecule has 0 bridgehead atoms. The minimum atomic E-state index is -0.264. The molecule has 0 saturated carbocycles. The van der Waals surface area contributed by atoms with E-state index in [0.29, 0.717) is 46.5 Å². The van der Waals surface area contributed by atoms with E-state index in [9.17, 15) is 9.59 Å². The van der Waals surface area contributed by atoms with Crippen LogP contribution >= 0.6 is 39.1 Å². The fourth-order valence-electron chi connectivity index (χ4n) is 3.37. The van der Waals surface area contributed by atoms with Crippen LogP contribution in [0.25, 0.3) is 0 Å². The Bertz CT molecular complexity index is 1170. The monoisotopic (exact) mass is 506 g/mol. The molecule has 0 saturated heterocycles. The van der Waals surface area contributed by atoms with Gasteiger partial charge in [-0.15, -0.1) is 0 Å². The van der Waals surface area contributed by atoms with Crippen LogP contribution in [0, 0.1) is 0 Å². The second kappa shape index (κ2) is 8.84. The predicted octanol–water partition coefficient (Wildman–Crippen LogP) is 5.15. The van der Waals surface area contributed by atoms with Crippen molar-refractivity contribution in [3.63, 3.8) is 0 Å². The summed E-state index contributed by atoms with van der Waals surface area (Å²) < 4.78 is 7.79. The Labute approximate surface area is 191 Å². The molecule has 0 atom stereocenters. The summed E-state index contributed by atoms with van der Waals surface area (Å²) in [4.78, 5) is 27.5. The van der Waals surface area contributed by atoms with Gasteiger partial charge in [-0.3, -0.25) is 14.2 Å². The largest absolute Gasteiger partial charge is 0.486 e. The van der Waals surface area contributed by atoms with E-state index in [0.717, 1.165) is 11.1 Å². The van der Waals surface area contributed by atoms with Gasteiger partial charge in [0.05, 0.1) is 14.5 Å². The number of pyridine rings is 1. The summed E-state index contributed by atoms with van der Waals surface area (Å²) in [7, 11) is 0. The summed E-state index contributed by atoms with van der Waals surface area (Å²) in [6.07, 6.45) is 0. The fraction of sp³-hybridized carbons (Fsp3) is 0.182. The van der Waals surface area contributed by atoms with Crippen LogP contribution in [0.4, 0.5) is 0 Å². The molecule has 2 aromatic carbocycles. The molecule has 0 fully saturated rings. The summed E-state index contributed by atoms with van der Waals surface area (Å²) >= 11 is 15.4. The SMILES string of the molecule is O=C1c2c(OCc3ccccc3)cc(Br)c(=O)n2CCN1Cc1ccc(Cl)c(Cl)c1. The molecular formula is C22H17BrCl2N2O3. The lowest BCUT2D eigenvalue weighted by Crippen LogP contribution is -2.44. The van der Waals surface area contributed by atoms with Crippen molar-refractivity contribution in [1.29, 1.82) is 0 Å². The van der Waals surface area contributed by atoms with Crippen molar-refractivity contribution in [3.05, 3.63) is 96.3 Å². The molecule has 1 aliphatic rings. The maximum Gasteiger partial charge on any atom is 0.274 e. The highest BCUT2D eigenvalue weighted by molar-refractivity contribution is 9.10. The van der Waals surface area contributed by atoms with Gasteiger partial charge in [0.1, 0.15) is 6.61 Å². The molecule has 154 valence electrons. The highest BCUT2D eigenvalue weighted by Crippen LogP contribution is 2.28. The Hall–Kier alpha value is -2.28. The summed E-state index contributed by atoms with van der Waals surface area (Å²) in [5.74, 6) is 0.106. The van der Waals surface area contributed by atoms with Crippen molar-refractivity contribution in [2.75, 3.05) is 6.54 Å². The van der Waals surface area contributed by atoms with Crippen molar-refractivity contribution in [1.82, 2.24) is 9.47 Å². The third-order valence-electron chi connectivity index (χ3n) is 4.89. The third-order valence-corrected chi connectivity index (χ3v) is 6.20. The molecule has 30 heavy (non-hydrogen) atoms. The number of carbonyl (C=O) groups excluding carboxylic acids is 1. The minimum Gasteiger partial charge on any atom is -0.486 e. The number of nitrogens with zero attached hydrogens (tertiary/aromatic N) is 2. The summed E-state index contributed by atoms with van der Waals surface area (Å²) in [5.41, 5.74) is 1.83. The first-order valence-corrected chi connectivity index (χ1v) is 10.8. The molecule has 3 aromatic rings. The molecule has 8 heteroatoms. The van der Waals surface area contributed by atoms with Gasteiger partial charge in [-0.25, -0.2) is 0 Å². The molecule has 0 spiro atoms. The first kappa shape index (κ1) is 21.0. The number of fused-ring (bicyclic) bond motifs is 1. The van der Waals surface area contributed by atoms with Crippen molar-refractivity contribution in [2.45, 2.75) is 19.7 Å². The number of amides is 1. The lowest BCUT2D eigenvalue weighted by atomic mass is 10.1. The van der Waals surface area contributed by atoms with Crippen molar-refractivity contribution < 1.29 is 9.53 Å². The van der Waals surface area contributed by atoms with Crippen molar-refractivity contribution >= 4 is 45.0 Å². The third kappa shape index (κ3) is 4.26.